The van der Waals surface area contributed by atoms with Gasteiger partial charge in [-0.1, -0.05) is 12.1 Å². The fourth-order valence-corrected chi connectivity index (χ4v) is 1.68. The van der Waals surface area contributed by atoms with E-state index >= 15 is 0 Å². The normalized spacial score (nSPS) is 9.61. The highest BCUT2D eigenvalue weighted by atomic mass is 16.5. The Hall–Kier alpha value is -2.54. The molecule has 0 saturated heterocycles. The van der Waals surface area contributed by atoms with Gasteiger partial charge in [0.15, 0.2) is 0 Å². The van der Waals surface area contributed by atoms with Gasteiger partial charge in [-0.05, 0) is 24.3 Å². The maximum atomic E-state index is 8.94. The van der Waals surface area contributed by atoms with E-state index in [1.54, 1.807) is 20.2 Å². The number of nitrogens with one attached hydrogen (secondary N) is 1. The zero-order valence-electron chi connectivity index (χ0n) is 10.3. The SMILES string of the molecule is CNc1nc(-c2cccc(OC)c2)ccc1C#N. The van der Waals surface area contributed by atoms with Gasteiger partial charge in [0.25, 0.3) is 0 Å². The summed E-state index contributed by atoms with van der Waals surface area (Å²) in [5, 5.41) is 11.9. The van der Waals surface area contributed by atoms with Crippen molar-refractivity contribution in [2.75, 3.05) is 19.5 Å². The Bertz CT molecular complexity index is 602. The molecule has 1 aromatic heterocycles. The monoisotopic (exact) mass is 239 g/mol. The number of rotatable bonds is 3. The first kappa shape index (κ1) is 11.9. The van der Waals surface area contributed by atoms with Crippen molar-refractivity contribution in [1.29, 1.82) is 5.26 Å². The third kappa shape index (κ3) is 2.25. The molecule has 0 unspecified atom stereocenters. The number of nitrogens with zero attached hydrogens (tertiary/aromatic N) is 2. The van der Waals surface area contributed by atoms with Crippen LogP contribution in [0.15, 0.2) is 36.4 Å². The number of methoxy groups -OCH3 is 1. The van der Waals surface area contributed by atoms with Crippen molar-refractivity contribution in [3.05, 3.63) is 42.0 Å². The molecule has 18 heavy (non-hydrogen) atoms. The van der Waals surface area contributed by atoms with Crippen molar-refractivity contribution < 1.29 is 4.74 Å². The Morgan fingerprint density at radius 3 is 2.78 bits per heavy atom. The van der Waals surface area contributed by atoms with Gasteiger partial charge in [0.1, 0.15) is 17.6 Å². The number of hydrogen-bond donors (Lipinski definition) is 1. The average Bonchev–Trinajstić information content (AvgIpc) is 2.46. The molecule has 0 spiro atoms. The Kier molecular flexibility index (Phi) is 3.44. The molecular weight excluding hydrogens is 226 g/mol. The lowest BCUT2D eigenvalue weighted by Crippen LogP contribution is -1.97. The minimum atomic E-state index is 0.532. The van der Waals surface area contributed by atoms with Crippen molar-refractivity contribution >= 4 is 5.82 Å². The lowest BCUT2D eigenvalue weighted by Gasteiger charge is -2.07. The molecule has 0 bridgehead atoms. The van der Waals surface area contributed by atoms with Crippen LogP contribution in [-0.2, 0) is 0 Å². The molecule has 4 heteroatoms. The van der Waals surface area contributed by atoms with E-state index in [1.165, 1.54) is 0 Å². The number of nitriles is 1. The molecule has 2 aromatic rings. The highest BCUT2D eigenvalue weighted by Gasteiger charge is 2.06. The van der Waals surface area contributed by atoms with E-state index < -0.39 is 0 Å². The molecule has 0 aliphatic heterocycles. The molecule has 1 N–H and O–H groups in total. The van der Waals surface area contributed by atoms with Crippen molar-refractivity contribution in [3.63, 3.8) is 0 Å². The van der Waals surface area contributed by atoms with Crippen LogP contribution in [0.2, 0.25) is 0 Å². The van der Waals surface area contributed by atoms with Gasteiger partial charge in [-0.15, -0.1) is 0 Å². The third-order valence-electron chi connectivity index (χ3n) is 2.62. The van der Waals surface area contributed by atoms with E-state index in [9.17, 15) is 0 Å². The number of ether oxygens (including phenoxy) is 1. The number of anilines is 1. The average molecular weight is 239 g/mol. The fraction of sp³-hybridized carbons (Fsp3) is 0.143. The Balaban J connectivity index is 2.48. The van der Waals surface area contributed by atoms with Gasteiger partial charge in [-0.2, -0.15) is 5.26 Å². The summed E-state index contributed by atoms with van der Waals surface area (Å²) >= 11 is 0. The summed E-state index contributed by atoms with van der Waals surface area (Å²) in [6, 6.07) is 13.3. The molecule has 90 valence electrons. The van der Waals surface area contributed by atoms with Gasteiger partial charge in [-0.25, -0.2) is 4.98 Å². The van der Waals surface area contributed by atoms with Crippen molar-refractivity contribution in [1.82, 2.24) is 4.98 Å². The molecule has 2 rings (SSSR count). The smallest absolute Gasteiger partial charge is 0.144 e. The van der Waals surface area contributed by atoms with Crippen LogP contribution in [0.3, 0.4) is 0 Å². The summed E-state index contributed by atoms with van der Waals surface area (Å²) < 4.78 is 5.18. The topological polar surface area (TPSA) is 57.9 Å². The van der Waals surface area contributed by atoms with Crippen molar-refractivity contribution in [2.45, 2.75) is 0 Å². The first-order chi connectivity index (χ1) is 8.78. The zero-order valence-corrected chi connectivity index (χ0v) is 10.3. The highest BCUT2D eigenvalue weighted by Crippen LogP contribution is 2.24. The summed E-state index contributed by atoms with van der Waals surface area (Å²) in [5.74, 6) is 1.36. The van der Waals surface area contributed by atoms with Gasteiger partial charge in [0.05, 0.1) is 18.4 Å². The Labute approximate surface area is 106 Å². The van der Waals surface area contributed by atoms with E-state index in [0.29, 0.717) is 11.4 Å². The quantitative estimate of drug-likeness (QED) is 0.894. The van der Waals surface area contributed by atoms with E-state index in [1.807, 2.05) is 30.3 Å². The van der Waals surface area contributed by atoms with Crippen LogP contribution in [0, 0.1) is 11.3 Å². The van der Waals surface area contributed by atoms with E-state index in [2.05, 4.69) is 16.4 Å². The molecule has 0 amide bonds. The van der Waals surface area contributed by atoms with Crippen LogP contribution in [0.5, 0.6) is 5.75 Å². The van der Waals surface area contributed by atoms with Crippen LogP contribution in [-0.4, -0.2) is 19.1 Å². The Morgan fingerprint density at radius 2 is 2.11 bits per heavy atom. The highest BCUT2D eigenvalue weighted by molar-refractivity contribution is 5.65. The van der Waals surface area contributed by atoms with Crippen molar-refractivity contribution in [2.24, 2.45) is 0 Å². The molecule has 1 heterocycles. The molecule has 0 radical (unpaired) electrons. The zero-order chi connectivity index (χ0) is 13.0. The third-order valence-corrected chi connectivity index (χ3v) is 2.62. The summed E-state index contributed by atoms with van der Waals surface area (Å²) in [6.07, 6.45) is 0. The summed E-state index contributed by atoms with van der Waals surface area (Å²) in [7, 11) is 3.38. The maximum absolute atomic E-state index is 8.94. The second-order valence-electron chi connectivity index (χ2n) is 3.69. The fourth-order valence-electron chi connectivity index (χ4n) is 1.68. The Morgan fingerprint density at radius 1 is 1.28 bits per heavy atom. The lowest BCUT2D eigenvalue weighted by molar-refractivity contribution is 0.415. The second-order valence-corrected chi connectivity index (χ2v) is 3.69. The second kappa shape index (κ2) is 5.19. The first-order valence-electron chi connectivity index (χ1n) is 5.52. The van der Waals surface area contributed by atoms with Gasteiger partial charge >= 0.3 is 0 Å². The molecule has 0 aliphatic rings. The molecular formula is C14H13N3O. The lowest BCUT2D eigenvalue weighted by atomic mass is 10.1. The van der Waals surface area contributed by atoms with Gasteiger partial charge < -0.3 is 10.1 Å². The maximum Gasteiger partial charge on any atom is 0.144 e. The van der Waals surface area contributed by atoms with Gasteiger partial charge in [-0.3, -0.25) is 0 Å². The summed E-state index contributed by atoms with van der Waals surface area (Å²) in [6.45, 7) is 0. The summed E-state index contributed by atoms with van der Waals surface area (Å²) in [5.41, 5.74) is 2.29. The predicted molar refractivity (Wildman–Crippen MR) is 70.5 cm³/mol. The van der Waals surface area contributed by atoms with Crippen LogP contribution in [0.1, 0.15) is 5.56 Å². The van der Waals surface area contributed by atoms with E-state index in [0.717, 1.165) is 17.0 Å². The molecule has 0 aliphatic carbocycles. The minimum absolute atomic E-state index is 0.532. The standard InChI is InChI=1S/C14H13N3O/c1-16-14-11(9-15)6-7-13(17-14)10-4-3-5-12(8-10)18-2/h3-8H,1-2H3,(H,16,17). The minimum Gasteiger partial charge on any atom is -0.497 e. The number of pyridine rings is 1. The van der Waals surface area contributed by atoms with Crippen LogP contribution >= 0.6 is 0 Å². The number of hydrogen-bond acceptors (Lipinski definition) is 4. The number of benzene rings is 1. The number of aromatic nitrogens is 1. The largest absolute Gasteiger partial charge is 0.497 e. The predicted octanol–water partition coefficient (Wildman–Crippen LogP) is 2.67. The van der Waals surface area contributed by atoms with Gasteiger partial charge in [0.2, 0.25) is 0 Å². The van der Waals surface area contributed by atoms with Gasteiger partial charge in [0, 0.05) is 12.6 Å². The van der Waals surface area contributed by atoms with Crippen LogP contribution < -0.4 is 10.1 Å². The molecule has 0 fully saturated rings. The molecule has 0 atom stereocenters. The van der Waals surface area contributed by atoms with Crippen molar-refractivity contribution in [3.8, 4) is 23.1 Å². The molecule has 0 saturated carbocycles. The molecule has 4 nitrogen and oxygen atoms in total. The van der Waals surface area contributed by atoms with E-state index in [4.69, 9.17) is 10.00 Å². The summed E-state index contributed by atoms with van der Waals surface area (Å²) in [4.78, 5) is 4.42. The molecule has 1 aromatic carbocycles. The van der Waals surface area contributed by atoms with E-state index in [-0.39, 0.29) is 0 Å². The van der Waals surface area contributed by atoms with Crippen LogP contribution in [0.4, 0.5) is 5.82 Å². The first-order valence-corrected chi connectivity index (χ1v) is 5.52. The van der Waals surface area contributed by atoms with Crippen LogP contribution in [0.25, 0.3) is 11.3 Å².